The molecule has 1 unspecified atom stereocenters. The van der Waals surface area contributed by atoms with Crippen molar-refractivity contribution in [1.29, 1.82) is 0 Å². The summed E-state index contributed by atoms with van der Waals surface area (Å²) in [7, 11) is 1.58. The molecule has 96 valence electrons. The van der Waals surface area contributed by atoms with Crippen molar-refractivity contribution in [2.75, 3.05) is 13.7 Å². The number of carbonyl (C=O) groups is 1. The lowest BCUT2D eigenvalue weighted by Crippen LogP contribution is -2.41. The van der Waals surface area contributed by atoms with Crippen molar-refractivity contribution >= 4 is 17.2 Å². The van der Waals surface area contributed by atoms with Gasteiger partial charge in [0.25, 0.3) is 5.91 Å². The molecule has 0 spiro atoms. The van der Waals surface area contributed by atoms with Crippen LogP contribution in [0.3, 0.4) is 0 Å². The van der Waals surface area contributed by atoms with Crippen molar-refractivity contribution in [2.24, 2.45) is 0 Å². The Morgan fingerprint density at radius 3 is 2.59 bits per heavy atom. The number of methoxy groups -OCH3 is 1. The molecule has 0 aromatic carbocycles. The Hall–Kier alpha value is -1.07. The molecule has 17 heavy (non-hydrogen) atoms. The van der Waals surface area contributed by atoms with Gasteiger partial charge in [-0.15, -0.1) is 11.3 Å². The molecule has 0 bridgehead atoms. The summed E-state index contributed by atoms with van der Waals surface area (Å²) < 4.78 is 5.06. The molecule has 5 heteroatoms. The Morgan fingerprint density at radius 2 is 2.18 bits per heavy atom. The molecule has 0 aliphatic carbocycles. The molecule has 0 radical (unpaired) electrons. The van der Waals surface area contributed by atoms with E-state index in [-0.39, 0.29) is 11.9 Å². The van der Waals surface area contributed by atoms with Crippen LogP contribution in [0, 0.1) is 0 Å². The van der Waals surface area contributed by atoms with Crippen molar-refractivity contribution in [3.05, 3.63) is 16.3 Å². The molecule has 4 nitrogen and oxygen atoms in total. The van der Waals surface area contributed by atoms with Crippen molar-refractivity contribution in [1.82, 2.24) is 4.90 Å². The average Bonchev–Trinajstić information content (AvgIpc) is 2.72. The second kappa shape index (κ2) is 6.02. The Bertz CT molecular complexity index is 374. The van der Waals surface area contributed by atoms with Gasteiger partial charge in [-0.3, -0.25) is 4.79 Å². The Labute approximate surface area is 106 Å². The predicted octanol–water partition coefficient (Wildman–Crippen LogP) is 1.99. The lowest BCUT2D eigenvalue weighted by molar-refractivity contribution is 0.0583. The number of aliphatic hydroxyl groups excluding tert-OH is 1. The zero-order valence-electron chi connectivity index (χ0n) is 10.6. The number of hydrogen-bond acceptors (Lipinski definition) is 4. The maximum Gasteiger partial charge on any atom is 0.264 e. The summed E-state index contributed by atoms with van der Waals surface area (Å²) in [5, 5.41) is 11.2. The van der Waals surface area contributed by atoms with E-state index < -0.39 is 6.10 Å². The first-order valence-corrected chi connectivity index (χ1v) is 6.45. The van der Waals surface area contributed by atoms with E-state index in [2.05, 4.69) is 0 Å². The topological polar surface area (TPSA) is 49.8 Å². The monoisotopic (exact) mass is 257 g/mol. The minimum Gasteiger partial charge on any atom is -0.496 e. The van der Waals surface area contributed by atoms with Crippen LogP contribution >= 0.6 is 11.3 Å². The third-order valence-electron chi connectivity index (χ3n) is 2.37. The van der Waals surface area contributed by atoms with E-state index in [9.17, 15) is 9.90 Å². The Kier molecular flexibility index (Phi) is 4.96. The first kappa shape index (κ1) is 14.0. The van der Waals surface area contributed by atoms with Gasteiger partial charge < -0.3 is 14.7 Å². The summed E-state index contributed by atoms with van der Waals surface area (Å²) in [6.45, 7) is 5.89. The third kappa shape index (κ3) is 3.71. The van der Waals surface area contributed by atoms with E-state index in [1.54, 1.807) is 30.4 Å². The van der Waals surface area contributed by atoms with E-state index in [1.807, 2.05) is 13.8 Å². The summed E-state index contributed by atoms with van der Waals surface area (Å²) in [4.78, 5) is 14.5. The summed E-state index contributed by atoms with van der Waals surface area (Å²) in [5.74, 6) is 0.633. The van der Waals surface area contributed by atoms with Gasteiger partial charge in [-0.1, -0.05) is 0 Å². The number of amides is 1. The fourth-order valence-electron chi connectivity index (χ4n) is 1.49. The van der Waals surface area contributed by atoms with Crippen LogP contribution in [0.1, 0.15) is 30.4 Å². The smallest absolute Gasteiger partial charge is 0.264 e. The number of rotatable bonds is 5. The van der Waals surface area contributed by atoms with Crippen LogP contribution in [0.4, 0.5) is 0 Å². The molecule has 0 fully saturated rings. The van der Waals surface area contributed by atoms with Gasteiger partial charge in [0.2, 0.25) is 0 Å². The fourth-order valence-corrected chi connectivity index (χ4v) is 2.30. The van der Waals surface area contributed by atoms with Gasteiger partial charge in [0.1, 0.15) is 5.75 Å². The second-order valence-corrected chi connectivity index (χ2v) is 5.16. The molecule has 1 atom stereocenters. The highest BCUT2D eigenvalue weighted by Gasteiger charge is 2.21. The molecule has 1 N–H and O–H groups in total. The first-order valence-electron chi connectivity index (χ1n) is 5.57. The maximum absolute atomic E-state index is 12.2. The van der Waals surface area contributed by atoms with Gasteiger partial charge in [0.15, 0.2) is 0 Å². The van der Waals surface area contributed by atoms with Crippen LogP contribution in [0.2, 0.25) is 0 Å². The molecular weight excluding hydrogens is 238 g/mol. The standard InChI is InChI=1S/C12H19NO3S/c1-8(2)13(6-9(3)14)12(15)11-5-10(16-4)7-17-11/h5,7-9,14H,6H2,1-4H3. The maximum atomic E-state index is 12.2. The van der Waals surface area contributed by atoms with Gasteiger partial charge in [0, 0.05) is 24.0 Å². The van der Waals surface area contributed by atoms with E-state index in [0.29, 0.717) is 17.2 Å². The minimum atomic E-state index is -0.525. The molecule has 0 aliphatic rings. The van der Waals surface area contributed by atoms with E-state index in [0.717, 1.165) is 0 Å². The lowest BCUT2D eigenvalue weighted by atomic mass is 10.2. The third-order valence-corrected chi connectivity index (χ3v) is 3.26. The number of ether oxygens (including phenoxy) is 1. The highest BCUT2D eigenvalue weighted by atomic mass is 32.1. The first-order chi connectivity index (χ1) is 7.95. The van der Waals surface area contributed by atoms with Crippen molar-refractivity contribution < 1.29 is 14.6 Å². The summed E-state index contributed by atoms with van der Waals surface area (Å²) in [6, 6.07) is 1.79. The fraction of sp³-hybridized carbons (Fsp3) is 0.583. The molecule has 0 saturated heterocycles. The van der Waals surface area contributed by atoms with Crippen molar-refractivity contribution in [3.63, 3.8) is 0 Å². The number of hydrogen-bond donors (Lipinski definition) is 1. The summed E-state index contributed by atoms with van der Waals surface area (Å²) in [5.41, 5.74) is 0. The van der Waals surface area contributed by atoms with Gasteiger partial charge in [-0.2, -0.15) is 0 Å². The molecule has 0 saturated carbocycles. The Morgan fingerprint density at radius 1 is 1.53 bits per heavy atom. The zero-order chi connectivity index (χ0) is 13.0. The number of thiophene rings is 1. The normalized spacial score (nSPS) is 12.6. The van der Waals surface area contributed by atoms with E-state index in [4.69, 9.17) is 4.74 Å². The minimum absolute atomic E-state index is 0.0604. The van der Waals surface area contributed by atoms with Gasteiger partial charge >= 0.3 is 0 Å². The Balaban J connectivity index is 2.83. The quantitative estimate of drug-likeness (QED) is 0.877. The molecule has 0 aliphatic heterocycles. The molecular formula is C12H19NO3S. The summed E-state index contributed by atoms with van der Waals surface area (Å²) >= 11 is 1.36. The number of carbonyl (C=O) groups excluding carboxylic acids is 1. The molecule has 1 aromatic heterocycles. The molecule has 1 aromatic rings. The summed E-state index contributed by atoms with van der Waals surface area (Å²) in [6.07, 6.45) is -0.525. The lowest BCUT2D eigenvalue weighted by Gasteiger charge is -2.27. The van der Waals surface area contributed by atoms with Gasteiger partial charge in [-0.05, 0) is 20.8 Å². The molecule has 1 amide bonds. The second-order valence-electron chi connectivity index (χ2n) is 4.25. The van der Waals surface area contributed by atoms with Gasteiger partial charge in [-0.25, -0.2) is 0 Å². The zero-order valence-corrected chi connectivity index (χ0v) is 11.5. The highest BCUT2D eigenvalue weighted by Crippen LogP contribution is 2.23. The van der Waals surface area contributed by atoms with Gasteiger partial charge in [0.05, 0.1) is 18.1 Å². The van der Waals surface area contributed by atoms with Crippen molar-refractivity contribution in [2.45, 2.75) is 32.9 Å². The van der Waals surface area contributed by atoms with Crippen LogP contribution in [0.25, 0.3) is 0 Å². The van der Waals surface area contributed by atoms with E-state index in [1.165, 1.54) is 11.3 Å². The van der Waals surface area contributed by atoms with Crippen LogP contribution < -0.4 is 4.74 Å². The molecule has 1 heterocycles. The number of nitrogens with zero attached hydrogens (tertiary/aromatic N) is 1. The SMILES string of the molecule is COc1csc(C(=O)N(CC(C)O)C(C)C)c1. The van der Waals surface area contributed by atoms with Crippen LogP contribution in [0.5, 0.6) is 5.75 Å². The van der Waals surface area contributed by atoms with Crippen molar-refractivity contribution in [3.8, 4) is 5.75 Å². The van der Waals surface area contributed by atoms with Crippen LogP contribution in [0.15, 0.2) is 11.4 Å². The average molecular weight is 257 g/mol. The number of aliphatic hydroxyl groups is 1. The molecule has 1 rings (SSSR count). The van der Waals surface area contributed by atoms with E-state index >= 15 is 0 Å². The highest BCUT2D eigenvalue weighted by molar-refractivity contribution is 7.12. The van der Waals surface area contributed by atoms with Crippen LogP contribution in [-0.2, 0) is 0 Å². The predicted molar refractivity (Wildman–Crippen MR) is 68.7 cm³/mol. The van der Waals surface area contributed by atoms with Crippen LogP contribution in [-0.4, -0.2) is 41.7 Å². The largest absolute Gasteiger partial charge is 0.496 e.